The smallest absolute Gasteiger partial charge is 0.244 e. The van der Waals surface area contributed by atoms with Crippen molar-refractivity contribution in [3.8, 4) is 0 Å². The predicted molar refractivity (Wildman–Crippen MR) is 79.4 cm³/mol. The number of carbonyl (C=O) groups is 3. The van der Waals surface area contributed by atoms with Crippen LogP contribution < -0.4 is 5.73 Å². The minimum Gasteiger partial charge on any atom is -0.368 e. The summed E-state index contributed by atoms with van der Waals surface area (Å²) in [5, 5.41) is -0.640. The lowest BCUT2D eigenvalue weighted by Crippen LogP contribution is -2.61. The summed E-state index contributed by atoms with van der Waals surface area (Å²) in [6.45, 7) is 0. The third-order valence-corrected chi connectivity index (χ3v) is 7.42. The number of nitrogens with zero attached hydrogens (tertiary/aromatic N) is 1. The lowest BCUT2D eigenvalue weighted by atomic mass is 9.79. The number of likely N-dealkylation sites (tertiary alicyclic amines) is 1. The Labute approximate surface area is 126 Å². The number of primary amides is 1. The quantitative estimate of drug-likeness (QED) is 0.761. The fraction of sp³-hybridized carbons (Fsp3) is 0.769. The normalized spacial score (nSPS) is 33.1. The van der Waals surface area contributed by atoms with Crippen molar-refractivity contribution in [2.24, 2.45) is 5.73 Å². The third-order valence-electron chi connectivity index (χ3n) is 4.45. The van der Waals surface area contributed by atoms with Crippen molar-refractivity contribution >= 4 is 41.2 Å². The average Bonchev–Trinajstić information content (AvgIpc) is 2.72. The highest BCUT2D eigenvalue weighted by molar-refractivity contribution is 8.08. The van der Waals surface area contributed by atoms with Gasteiger partial charge in [-0.1, -0.05) is 19.3 Å². The first-order valence-electron chi connectivity index (χ1n) is 6.99. The molecule has 0 aromatic heterocycles. The van der Waals surface area contributed by atoms with Gasteiger partial charge in [0.1, 0.15) is 16.0 Å². The average molecular weight is 314 g/mol. The molecule has 1 aliphatic carbocycles. The number of carbonyl (C=O) groups excluding carboxylic acids is 3. The summed E-state index contributed by atoms with van der Waals surface area (Å²) >= 11 is 3.08. The fourth-order valence-electron chi connectivity index (χ4n) is 3.43. The van der Waals surface area contributed by atoms with Crippen LogP contribution in [0.2, 0.25) is 0 Å². The Morgan fingerprint density at radius 3 is 2.00 bits per heavy atom. The van der Waals surface area contributed by atoms with Gasteiger partial charge in [-0.05, 0) is 12.8 Å². The zero-order valence-corrected chi connectivity index (χ0v) is 12.8. The van der Waals surface area contributed by atoms with E-state index in [0.717, 1.165) is 30.8 Å². The molecule has 2 N–H and O–H groups in total. The Morgan fingerprint density at radius 2 is 1.55 bits per heavy atom. The second-order valence-electron chi connectivity index (χ2n) is 5.55. The molecule has 2 aliphatic heterocycles. The molecule has 1 saturated carbocycles. The molecule has 3 rings (SSSR count). The van der Waals surface area contributed by atoms with Crippen LogP contribution in [0.1, 0.15) is 32.1 Å². The van der Waals surface area contributed by atoms with Crippen LogP contribution in [0.25, 0.3) is 0 Å². The standard InChI is InChI=1S/C13H18N2O3S2/c14-12(18)13(4-2-1-3-5-13)15-10(16)8-9(11(15)17)20-7-6-19-8/h8-9H,1-7H2,(H2,14,18). The first kappa shape index (κ1) is 14.3. The first-order valence-corrected chi connectivity index (χ1v) is 9.09. The maximum absolute atomic E-state index is 12.6. The number of rotatable bonds is 2. The van der Waals surface area contributed by atoms with E-state index in [4.69, 9.17) is 5.73 Å². The van der Waals surface area contributed by atoms with Gasteiger partial charge in [0.05, 0.1) is 0 Å². The van der Waals surface area contributed by atoms with Crippen LogP contribution in [0.5, 0.6) is 0 Å². The largest absolute Gasteiger partial charge is 0.368 e. The van der Waals surface area contributed by atoms with E-state index in [1.54, 1.807) is 0 Å². The van der Waals surface area contributed by atoms with Crippen molar-refractivity contribution in [1.82, 2.24) is 4.90 Å². The van der Waals surface area contributed by atoms with E-state index in [1.165, 1.54) is 28.4 Å². The molecular formula is C13H18N2O3S2. The van der Waals surface area contributed by atoms with Crippen LogP contribution in [0.3, 0.4) is 0 Å². The molecule has 20 heavy (non-hydrogen) atoms. The molecule has 0 aromatic carbocycles. The van der Waals surface area contributed by atoms with Gasteiger partial charge in [0.25, 0.3) is 0 Å². The topological polar surface area (TPSA) is 80.5 Å². The van der Waals surface area contributed by atoms with Crippen LogP contribution in [0.15, 0.2) is 0 Å². The molecule has 3 fully saturated rings. The summed E-state index contributed by atoms with van der Waals surface area (Å²) in [6, 6.07) is 0. The van der Waals surface area contributed by atoms with Crippen LogP contribution in [0, 0.1) is 0 Å². The molecule has 110 valence electrons. The van der Waals surface area contributed by atoms with Crippen LogP contribution in [0.4, 0.5) is 0 Å². The first-order chi connectivity index (χ1) is 9.58. The van der Waals surface area contributed by atoms with E-state index >= 15 is 0 Å². The molecule has 2 unspecified atom stereocenters. The molecule has 7 heteroatoms. The molecule has 2 heterocycles. The van der Waals surface area contributed by atoms with Crippen molar-refractivity contribution in [3.05, 3.63) is 0 Å². The molecular weight excluding hydrogens is 296 g/mol. The Kier molecular flexibility index (Phi) is 3.75. The van der Waals surface area contributed by atoms with Crippen molar-refractivity contribution in [2.75, 3.05) is 11.5 Å². The molecule has 0 aromatic rings. The number of amides is 3. The number of hydrogen-bond donors (Lipinski definition) is 1. The summed E-state index contributed by atoms with van der Waals surface area (Å²) in [5.74, 6) is 0.841. The minimum absolute atomic E-state index is 0.196. The van der Waals surface area contributed by atoms with E-state index in [1.807, 2.05) is 0 Å². The molecule has 2 atom stereocenters. The maximum atomic E-state index is 12.6. The highest BCUT2D eigenvalue weighted by Gasteiger charge is 2.58. The SMILES string of the molecule is NC(=O)C1(N2C(=O)C3SCCSC3C2=O)CCCCC1. The fourth-order valence-corrected chi connectivity index (χ4v) is 6.26. The monoisotopic (exact) mass is 314 g/mol. The number of nitrogens with two attached hydrogens (primary N) is 1. The van der Waals surface area contributed by atoms with Gasteiger partial charge in [-0.15, -0.1) is 23.5 Å². The minimum atomic E-state index is -1.06. The summed E-state index contributed by atoms with van der Waals surface area (Å²) in [7, 11) is 0. The van der Waals surface area contributed by atoms with Gasteiger partial charge in [-0.25, -0.2) is 0 Å². The van der Waals surface area contributed by atoms with Crippen molar-refractivity contribution in [3.63, 3.8) is 0 Å². The van der Waals surface area contributed by atoms with E-state index in [2.05, 4.69) is 0 Å². The Hall–Kier alpha value is -0.690. The highest BCUT2D eigenvalue weighted by atomic mass is 32.2. The molecule has 0 spiro atoms. The highest BCUT2D eigenvalue weighted by Crippen LogP contribution is 2.44. The maximum Gasteiger partial charge on any atom is 0.244 e. The Bertz CT molecular complexity index is 439. The van der Waals surface area contributed by atoms with E-state index in [9.17, 15) is 14.4 Å². The second kappa shape index (κ2) is 5.26. The summed E-state index contributed by atoms with van der Waals surface area (Å²) < 4.78 is 0. The van der Waals surface area contributed by atoms with Gasteiger partial charge >= 0.3 is 0 Å². The van der Waals surface area contributed by atoms with Gasteiger partial charge in [0.2, 0.25) is 17.7 Å². The Balaban J connectivity index is 1.96. The van der Waals surface area contributed by atoms with Gasteiger partial charge in [-0.3, -0.25) is 19.3 Å². The number of imide groups is 1. The van der Waals surface area contributed by atoms with Crippen LogP contribution >= 0.6 is 23.5 Å². The van der Waals surface area contributed by atoms with Crippen molar-refractivity contribution < 1.29 is 14.4 Å². The third kappa shape index (κ3) is 1.97. The van der Waals surface area contributed by atoms with E-state index in [0.29, 0.717) is 12.8 Å². The van der Waals surface area contributed by atoms with Gasteiger partial charge < -0.3 is 5.73 Å². The molecule has 0 radical (unpaired) electrons. The summed E-state index contributed by atoms with van der Waals surface area (Å²) in [5.41, 5.74) is 4.53. The van der Waals surface area contributed by atoms with Gasteiger partial charge in [-0.2, -0.15) is 0 Å². The molecule has 0 bridgehead atoms. The summed E-state index contributed by atoms with van der Waals surface area (Å²) in [4.78, 5) is 38.5. The van der Waals surface area contributed by atoms with Gasteiger partial charge in [0, 0.05) is 11.5 Å². The number of fused-ring (bicyclic) bond motifs is 1. The molecule has 3 aliphatic rings. The van der Waals surface area contributed by atoms with E-state index < -0.39 is 11.4 Å². The van der Waals surface area contributed by atoms with Crippen molar-refractivity contribution in [2.45, 2.75) is 48.1 Å². The number of thioether (sulfide) groups is 2. The van der Waals surface area contributed by atoms with Gasteiger partial charge in [0.15, 0.2) is 0 Å². The molecule has 5 nitrogen and oxygen atoms in total. The predicted octanol–water partition coefficient (Wildman–Crippen LogP) is 0.761. The lowest BCUT2D eigenvalue weighted by Gasteiger charge is -2.40. The van der Waals surface area contributed by atoms with E-state index in [-0.39, 0.29) is 22.3 Å². The summed E-state index contributed by atoms with van der Waals surface area (Å²) in [6.07, 6.45) is 3.76. The number of hydrogen-bond acceptors (Lipinski definition) is 5. The zero-order valence-electron chi connectivity index (χ0n) is 11.2. The van der Waals surface area contributed by atoms with Crippen LogP contribution in [-0.4, -0.2) is 50.2 Å². The van der Waals surface area contributed by atoms with Crippen LogP contribution in [-0.2, 0) is 14.4 Å². The van der Waals surface area contributed by atoms with Crippen molar-refractivity contribution in [1.29, 1.82) is 0 Å². The molecule has 2 saturated heterocycles. The molecule has 3 amide bonds. The Morgan fingerprint density at radius 1 is 1.05 bits per heavy atom. The lowest BCUT2D eigenvalue weighted by molar-refractivity contribution is -0.154. The second-order valence-corrected chi connectivity index (χ2v) is 8.05. The zero-order chi connectivity index (χ0) is 14.3.